The van der Waals surface area contributed by atoms with E-state index in [1.54, 1.807) is 32.4 Å². The van der Waals surface area contributed by atoms with Gasteiger partial charge in [0.15, 0.2) is 5.82 Å². The monoisotopic (exact) mass is 316 g/mol. The highest BCUT2D eigenvalue weighted by atomic mass is 16.5. The van der Waals surface area contributed by atoms with Crippen LogP contribution in [0.4, 0.5) is 0 Å². The highest BCUT2D eigenvalue weighted by Crippen LogP contribution is 2.24. The van der Waals surface area contributed by atoms with Crippen LogP contribution in [-0.2, 0) is 6.42 Å². The second kappa shape index (κ2) is 6.76. The lowest BCUT2D eigenvalue weighted by atomic mass is 10.1. The molecule has 1 atom stereocenters. The maximum atomic E-state index is 12.7. The molecular formula is C16H20N4O3. The number of likely N-dealkylation sites (tertiary alicyclic amines) is 1. The fourth-order valence-electron chi connectivity index (χ4n) is 2.94. The van der Waals surface area contributed by atoms with Gasteiger partial charge < -0.3 is 14.2 Å². The lowest BCUT2D eigenvalue weighted by Gasteiger charge is -2.24. The molecule has 1 unspecified atom stereocenters. The molecular weight excluding hydrogens is 296 g/mol. The lowest BCUT2D eigenvalue weighted by Crippen LogP contribution is -2.35. The second-order valence-corrected chi connectivity index (χ2v) is 5.65. The Balaban J connectivity index is 1.64. The van der Waals surface area contributed by atoms with Crippen LogP contribution >= 0.6 is 0 Å². The van der Waals surface area contributed by atoms with E-state index < -0.39 is 0 Å². The van der Waals surface area contributed by atoms with Gasteiger partial charge in [0.1, 0.15) is 0 Å². The number of carbonyl (C=O) groups is 1. The second-order valence-electron chi connectivity index (χ2n) is 5.65. The number of pyridine rings is 1. The van der Waals surface area contributed by atoms with Crippen LogP contribution in [0.1, 0.15) is 41.3 Å². The van der Waals surface area contributed by atoms with Gasteiger partial charge in [0.2, 0.25) is 11.8 Å². The minimum Gasteiger partial charge on any atom is -0.481 e. The van der Waals surface area contributed by atoms with E-state index in [1.807, 2.05) is 4.90 Å². The Kier molecular flexibility index (Phi) is 4.55. The van der Waals surface area contributed by atoms with Crippen molar-refractivity contribution >= 4 is 5.91 Å². The molecule has 1 saturated heterocycles. The fourth-order valence-corrected chi connectivity index (χ4v) is 2.94. The Morgan fingerprint density at radius 3 is 3.00 bits per heavy atom. The van der Waals surface area contributed by atoms with Crippen molar-refractivity contribution in [3.05, 3.63) is 35.6 Å². The molecule has 23 heavy (non-hydrogen) atoms. The topological polar surface area (TPSA) is 81.4 Å². The van der Waals surface area contributed by atoms with Crippen molar-refractivity contribution in [2.75, 3.05) is 13.7 Å². The first-order valence-corrected chi connectivity index (χ1v) is 7.77. The van der Waals surface area contributed by atoms with Gasteiger partial charge in [0.05, 0.1) is 12.7 Å². The number of nitrogens with zero attached hydrogens (tertiary/aromatic N) is 4. The van der Waals surface area contributed by atoms with Gasteiger partial charge in [0.25, 0.3) is 5.91 Å². The lowest BCUT2D eigenvalue weighted by molar-refractivity contribution is 0.0729. The predicted octanol–water partition coefficient (Wildman–Crippen LogP) is 2.02. The summed E-state index contributed by atoms with van der Waals surface area (Å²) in [5.41, 5.74) is 0.591. The zero-order valence-electron chi connectivity index (χ0n) is 13.4. The number of amides is 1. The molecule has 1 amide bonds. The normalized spacial score (nSPS) is 17.5. The van der Waals surface area contributed by atoms with Gasteiger partial charge in [-0.05, 0) is 25.3 Å². The van der Waals surface area contributed by atoms with Crippen molar-refractivity contribution < 1.29 is 14.1 Å². The smallest absolute Gasteiger partial charge is 0.255 e. The van der Waals surface area contributed by atoms with E-state index in [2.05, 4.69) is 15.1 Å². The van der Waals surface area contributed by atoms with Crippen LogP contribution in [0.15, 0.2) is 22.9 Å². The Morgan fingerprint density at radius 1 is 1.48 bits per heavy atom. The van der Waals surface area contributed by atoms with Crippen LogP contribution in [-0.4, -0.2) is 45.6 Å². The van der Waals surface area contributed by atoms with Gasteiger partial charge in [-0.1, -0.05) is 5.16 Å². The summed E-state index contributed by atoms with van der Waals surface area (Å²) in [7, 11) is 1.56. The van der Waals surface area contributed by atoms with Gasteiger partial charge >= 0.3 is 0 Å². The van der Waals surface area contributed by atoms with Crippen molar-refractivity contribution in [3.63, 3.8) is 0 Å². The van der Waals surface area contributed by atoms with Crippen LogP contribution in [0.25, 0.3) is 0 Å². The highest BCUT2D eigenvalue weighted by molar-refractivity contribution is 5.94. The average Bonchev–Trinajstić information content (AvgIpc) is 3.21. The quantitative estimate of drug-likeness (QED) is 0.839. The minimum absolute atomic E-state index is 0.0203. The summed E-state index contributed by atoms with van der Waals surface area (Å²) in [6.07, 6.45) is 5.15. The maximum absolute atomic E-state index is 12.7. The number of rotatable bonds is 5. The van der Waals surface area contributed by atoms with Crippen molar-refractivity contribution in [2.45, 2.75) is 38.6 Å². The van der Waals surface area contributed by atoms with Crippen LogP contribution in [0.3, 0.4) is 0 Å². The summed E-state index contributed by atoms with van der Waals surface area (Å²) in [5, 5.41) is 3.91. The van der Waals surface area contributed by atoms with E-state index in [0.717, 1.165) is 25.8 Å². The van der Waals surface area contributed by atoms with E-state index in [0.29, 0.717) is 29.6 Å². The van der Waals surface area contributed by atoms with Crippen molar-refractivity contribution in [2.24, 2.45) is 0 Å². The van der Waals surface area contributed by atoms with Gasteiger partial charge in [0, 0.05) is 38.2 Å². The zero-order chi connectivity index (χ0) is 16.2. The van der Waals surface area contributed by atoms with E-state index in [9.17, 15) is 4.79 Å². The Labute approximate surface area is 134 Å². The molecule has 7 nitrogen and oxygen atoms in total. The molecule has 1 aliphatic heterocycles. The van der Waals surface area contributed by atoms with E-state index in [1.165, 1.54) is 0 Å². The molecule has 7 heteroatoms. The molecule has 1 aliphatic rings. The minimum atomic E-state index is 0.0203. The summed E-state index contributed by atoms with van der Waals surface area (Å²) in [4.78, 5) is 22.9. The summed E-state index contributed by atoms with van der Waals surface area (Å²) in [6, 6.07) is 3.68. The predicted molar refractivity (Wildman–Crippen MR) is 82.2 cm³/mol. The number of hydrogen-bond donors (Lipinski definition) is 0. The summed E-state index contributed by atoms with van der Waals surface area (Å²) in [5.74, 6) is 1.80. The number of hydrogen-bond acceptors (Lipinski definition) is 6. The molecule has 3 rings (SSSR count). The number of methoxy groups -OCH3 is 1. The fraction of sp³-hybridized carbons (Fsp3) is 0.500. The van der Waals surface area contributed by atoms with E-state index >= 15 is 0 Å². The van der Waals surface area contributed by atoms with Gasteiger partial charge in [-0.15, -0.1) is 0 Å². The van der Waals surface area contributed by atoms with Crippen molar-refractivity contribution in [1.82, 2.24) is 20.0 Å². The Hall–Kier alpha value is -2.44. The first kappa shape index (κ1) is 15.5. The molecule has 1 fully saturated rings. The summed E-state index contributed by atoms with van der Waals surface area (Å²) < 4.78 is 10.0. The number of aromatic nitrogens is 3. The highest BCUT2D eigenvalue weighted by Gasteiger charge is 2.29. The molecule has 0 aliphatic carbocycles. The number of ether oxygens (including phenoxy) is 1. The molecule has 3 heterocycles. The van der Waals surface area contributed by atoms with E-state index in [-0.39, 0.29) is 11.9 Å². The average molecular weight is 316 g/mol. The number of carbonyl (C=O) groups excluding carboxylic acids is 1. The first-order chi connectivity index (χ1) is 11.2. The maximum Gasteiger partial charge on any atom is 0.255 e. The third-order valence-electron chi connectivity index (χ3n) is 4.10. The molecule has 0 spiro atoms. The zero-order valence-corrected chi connectivity index (χ0v) is 13.4. The van der Waals surface area contributed by atoms with Gasteiger partial charge in [-0.3, -0.25) is 4.79 Å². The van der Waals surface area contributed by atoms with Gasteiger partial charge in [-0.2, -0.15) is 4.98 Å². The molecule has 0 aromatic carbocycles. The molecule has 0 bridgehead atoms. The summed E-state index contributed by atoms with van der Waals surface area (Å²) >= 11 is 0. The van der Waals surface area contributed by atoms with Gasteiger partial charge in [-0.25, -0.2) is 4.98 Å². The standard InChI is InChI=1S/C16H20N4O3/c1-11-18-14(19-23-11)7-6-13-4-3-9-20(13)16(21)12-5-8-15(22-2)17-10-12/h5,8,10,13H,3-4,6-7,9H2,1-2H3. The van der Waals surface area contributed by atoms with Crippen LogP contribution in [0.2, 0.25) is 0 Å². The molecule has 122 valence electrons. The summed E-state index contributed by atoms with van der Waals surface area (Å²) in [6.45, 7) is 2.55. The van der Waals surface area contributed by atoms with Crippen LogP contribution in [0.5, 0.6) is 5.88 Å². The van der Waals surface area contributed by atoms with Crippen molar-refractivity contribution in [1.29, 1.82) is 0 Å². The SMILES string of the molecule is COc1ccc(C(=O)N2CCCC2CCc2noc(C)n2)cn1. The largest absolute Gasteiger partial charge is 0.481 e. The molecule has 2 aromatic heterocycles. The third kappa shape index (κ3) is 3.49. The van der Waals surface area contributed by atoms with Crippen LogP contribution < -0.4 is 4.74 Å². The van der Waals surface area contributed by atoms with Crippen molar-refractivity contribution in [3.8, 4) is 5.88 Å². The Morgan fingerprint density at radius 2 is 2.35 bits per heavy atom. The molecule has 0 saturated carbocycles. The molecule has 0 N–H and O–H groups in total. The molecule has 2 aromatic rings. The van der Waals surface area contributed by atoms with E-state index in [4.69, 9.17) is 9.26 Å². The first-order valence-electron chi connectivity index (χ1n) is 7.77. The van der Waals surface area contributed by atoms with Crippen LogP contribution in [0, 0.1) is 6.92 Å². The number of aryl methyl sites for hydroxylation is 2. The molecule has 0 radical (unpaired) electrons. The Bertz CT molecular complexity index is 668. The third-order valence-corrected chi connectivity index (χ3v) is 4.10.